The van der Waals surface area contributed by atoms with E-state index < -0.39 is 23.7 Å². The van der Waals surface area contributed by atoms with Gasteiger partial charge in [-0.25, -0.2) is 9.59 Å². The second kappa shape index (κ2) is 11.4. The van der Waals surface area contributed by atoms with Crippen molar-refractivity contribution < 1.29 is 29.0 Å². The summed E-state index contributed by atoms with van der Waals surface area (Å²) in [5, 5.41) is 9.68. The predicted molar refractivity (Wildman–Crippen MR) is 133 cm³/mol. The largest absolute Gasteiger partial charge is 0.480 e. The van der Waals surface area contributed by atoms with E-state index in [9.17, 15) is 19.5 Å². The quantitative estimate of drug-likeness (QED) is 0.350. The molecular formula is C28H35NO6. The van der Waals surface area contributed by atoms with Crippen LogP contribution in [0.5, 0.6) is 0 Å². The molecule has 1 aliphatic carbocycles. The number of aliphatic carboxylic acids is 1. The highest BCUT2D eigenvalue weighted by Gasteiger charge is 2.31. The van der Waals surface area contributed by atoms with Crippen LogP contribution in [0.1, 0.15) is 69.9 Å². The normalized spacial score (nSPS) is 13.5. The number of carboxylic acids is 1. The summed E-state index contributed by atoms with van der Waals surface area (Å²) in [5.74, 6) is -1.42. The predicted octanol–water partition coefficient (Wildman–Crippen LogP) is 5.61. The Balaban J connectivity index is 1.51. The van der Waals surface area contributed by atoms with E-state index >= 15 is 0 Å². The first kappa shape index (κ1) is 26.3. The summed E-state index contributed by atoms with van der Waals surface area (Å²) in [6, 6.07) is 15.1. The number of amides is 1. The fourth-order valence-corrected chi connectivity index (χ4v) is 4.48. The second-order valence-corrected chi connectivity index (χ2v) is 9.95. The van der Waals surface area contributed by atoms with Crippen LogP contribution in [0, 0.1) is 0 Å². The number of rotatable bonds is 10. The van der Waals surface area contributed by atoms with E-state index in [1.54, 1.807) is 0 Å². The molecule has 2 aromatic carbocycles. The first-order valence-corrected chi connectivity index (χ1v) is 12.1. The van der Waals surface area contributed by atoms with E-state index in [-0.39, 0.29) is 31.3 Å². The summed E-state index contributed by atoms with van der Waals surface area (Å²) < 4.78 is 10.9. The molecule has 1 amide bonds. The zero-order chi connectivity index (χ0) is 25.6. The van der Waals surface area contributed by atoms with Crippen molar-refractivity contribution in [3.8, 4) is 11.1 Å². The summed E-state index contributed by atoms with van der Waals surface area (Å²) in [4.78, 5) is 37.6. The van der Waals surface area contributed by atoms with Crippen molar-refractivity contribution in [3.63, 3.8) is 0 Å². The van der Waals surface area contributed by atoms with Gasteiger partial charge in [0.05, 0.1) is 0 Å². The highest BCUT2D eigenvalue weighted by atomic mass is 16.6. The van der Waals surface area contributed by atoms with Crippen molar-refractivity contribution >= 4 is 18.0 Å². The number of hydrogen-bond donors (Lipinski definition) is 1. The summed E-state index contributed by atoms with van der Waals surface area (Å²) in [6.45, 7) is 5.60. The van der Waals surface area contributed by atoms with E-state index in [0.29, 0.717) is 19.3 Å². The molecule has 1 N–H and O–H groups in total. The van der Waals surface area contributed by atoms with Gasteiger partial charge in [0.15, 0.2) is 0 Å². The molecule has 0 unspecified atom stereocenters. The number of esters is 1. The van der Waals surface area contributed by atoms with Crippen molar-refractivity contribution in [1.82, 2.24) is 4.90 Å². The molecule has 7 nitrogen and oxygen atoms in total. The highest BCUT2D eigenvalue weighted by molar-refractivity contribution is 5.81. The minimum atomic E-state index is -1.08. The number of hydrogen-bond acceptors (Lipinski definition) is 5. The van der Waals surface area contributed by atoms with Gasteiger partial charge in [-0.3, -0.25) is 9.69 Å². The van der Waals surface area contributed by atoms with E-state index in [0.717, 1.165) is 27.2 Å². The maximum Gasteiger partial charge on any atom is 0.410 e. The van der Waals surface area contributed by atoms with Crippen LogP contribution in [0.25, 0.3) is 11.1 Å². The molecule has 2 aromatic rings. The van der Waals surface area contributed by atoms with Crippen LogP contribution in [0.3, 0.4) is 0 Å². The fraction of sp³-hybridized carbons (Fsp3) is 0.464. The van der Waals surface area contributed by atoms with E-state index in [1.807, 2.05) is 57.2 Å². The first-order valence-electron chi connectivity index (χ1n) is 12.1. The molecule has 188 valence electrons. The van der Waals surface area contributed by atoms with Gasteiger partial charge in [0.25, 0.3) is 0 Å². The third-order valence-electron chi connectivity index (χ3n) is 6.16. The van der Waals surface area contributed by atoms with E-state index in [1.165, 1.54) is 7.05 Å². The average molecular weight is 482 g/mol. The van der Waals surface area contributed by atoms with Gasteiger partial charge in [0, 0.05) is 19.4 Å². The average Bonchev–Trinajstić information content (AvgIpc) is 3.11. The van der Waals surface area contributed by atoms with Gasteiger partial charge < -0.3 is 14.6 Å². The molecule has 0 saturated heterocycles. The van der Waals surface area contributed by atoms with Crippen molar-refractivity contribution in [2.75, 3.05) is 13.7 Å². The third-order valence-corrected chi connectivity index (χ3v) is 6.16. The number of nitrogens with zero attached hydrogens (tertiary/aromatic N) is 1. The molecule has 3 rings (SSSR count). The van der Waals surface area contributed by atoms with E-state index in [4.69, 9.17) is 9.47 Å². The van der Waals surface area contributed by atoms with Gasteiger partial charge in [-0.15, -0.1) is 0 Å². The monoisotopic (exact) mass is 481 g/mol. The van der Waals surface area contributed by atoms with Crippen LogP contribution in [0.2, 0.25) is 0 Å². The zero-order valence-corrected chi connectivity index (χ0v) is 21.0. The van der Waals surface area contributed by atoms with Crippen molar-refractivity contribution in [2.24, 2.45) is 0 Å². The number of ether oxygens (including phenoxy) is 2. The topological polar surface area (TPSA) is 93.1 Å². The Labute approximate surface area is 207 Å². The lowest BCUT2D eigenvalue weighted by atomic mass is 9.98. The minimum absolute atomic E-state index is 0.0871. The molecule has 0 bridgehead atoms. The Morgan fingerprint density at radius 2 is 1.51 bits per heavy atom. The molecule has 0 aromatic heterocycles. The first-order chi connectivity index (χ1) is 16.6. The van der Waals surface area contributed by atoms with Gasteiger partial charge in [0.2, 0.25) is 0 Å². The number of carbonyl (C=O) groups is 3. The lowest BCUT2D eigenvalue weighted by Crippen LogP contribution is -2.43. The number of unbranched alkanes of at least 4 members (excludes halogenated alkanes) is 2. The van der Waals surface area contributed by atoms with Crippen LogP contribution in [0.4, 0.5) is 4.79 Å². The molecule has 1 atom stereocenters. The third kappa shape index (κ3) is 6.84. The Kier molecular flexibility index (Phi) is 8.54. The van der Waals surface area contributed by atoms with Crippen LogP contribution < -0.4 is 0 Å². The number of likely N-dealkylation sites (N-methyl/N-ethyl adjacent to an activating group) is 1. The maximum absolute atomic E-state index is 12.8. The molecule has 0 spiro atoms. The number of benzene rings is 2. The van der Waals surface area contributed by atoms with Crippen molar-refractivity contribution in [2.45, 2.75) is 70.4 Å². The smallest absolute Gasteiger partial charge is 0.410 e. The minimum Gasteiger partial charge on any atom is -0.480 e. The lowest BCUT2D eigenvalue weighted by molar-refractivity contribution is -0.155. The number of carbonyl (C=O) groups excluding carboxylic acids is 2. The second-order valence-electron chi connectivity index (χ2n) is 9.95. The summed E-state index contributed by atoms with van der Waals surface area (Å²) in [5.41, 5.74) is 3.95. The zero-order valence-electron chi connectivity index (χ0n) is 21.0. The van der Waals surface area contributed by atoms with Crippen molar-refractivity contribution in [1.29, 1.82) is 0 Å². The Morgan fingerprint density at radius 1 is 0.943 bits per heavy atom. The lowest BCUT2D eigenvalue weighted by Gasteiger charge is -2.25. The molecule has 0 saturated carbocycles. The molecule has 7 heteroatoms. The van der Waals surface area contributed by atoms with Gasteiger partial charge in [-0.1, -0.05) is 61.4 Å². The van der Waals surface area contributed by atoms with Crippen LogP contribution >= 0.6 is 0 Å². The molecule has 0 fully saturated rings. The molecular weight excluding hydrogens is 446 g/mol. The maximum atomic E-state index is 12.8. The summed E-state index contributed by atoms with van der Waals surface area (Å²) in [6.07, 6.45) is 1.76. The highest BCUT2D eigenvalue weighted by Crippen LogP contribution is 2.44. The standard InChI is InChI=1S/C28H35NO6/c1-28(2,3)35-25(30)17-7-5-6-16-24(26(31)32)29(4)27(33)34-18-23-21-14-10-8-12-19(21)20-13-9-11-15-22(20)23/h8-15,23-24H,5-7,16-18H2,1-4H3,(H,31,32)/t24-/m0/s1. The molecule has 0 heterocycles. The van der Waals surface area contributed by atoms with Crippen LogP contribution in [-0.4, -0.2) is 53.3 Å². The van der Waals surface area contributed by atoms with Crippen LogP contribution in [-0.2, 0) is 19.1 Å². The van der Waals surface area contributed by atoms with Crippen molar-refractivity contribution in [3.05, 3.63) is 59.7 Å². The number of carboxylic acid groups (broad SMARTS) is 1. The van der Waals surface area contributed by atoms with Gasteiger partial charge in [-0.2, -0.15) is 0 Å². The Hall–Kier alpha value is -3.35. The fourth-order valence-electron chi connectivity index (χ4n) is 4.48. The van der Waals surface area contributed by atoms with Gasteiger partial charge in [0.1, 0.15) is 18.2 Å². The van der Waals surface area contributed by atoms with Gasteiger partial charge >= 0.3 is 18.0 Å². The Morgan fingerprint density at radius 3 is 2.06 bits per heavy atom. The van der Waals surface area contributed by atoms with Crippen LogP contribution in [0.15, 0.2) is 48.5 Å². The summed E-state index contributed by atoms with van der Waals surface area (Å²) in [7, 11) is 1.46. The SMILES string of the molecule is CN(C(=O)OCC1c2ccccc2-c2ccccc21)[C@@H](CCCCCC(=O)OC(C)(C)C)C(=O)O. The Bertz CT molecular complexity index is 1010. The van der Waals surface area contributed by atoms with Gasteiger partial charge in [-0.05, 0) is 55.9 Å². The molecule has 1 aliphatic rings. The van der Waals surface area contributed by atoms with E-state index in [2.05, 4.69) is 12.1 Å². The molecule has 0 aliphatic heterocycles. The molecule has 0 radical (unpaired) electrons. The summed E-state index contributed by atoms with van der Waals surface area (Å²) >= 11 is 0. The molecule has 35 heavy (non-hydrogen) atoms. The number of fused-ring (bicyclic) bond motifs is 3.